The molecule has 0 aliphatic heterocycles. The lowest BCUT2D eigenvalue weighted by molar-refractivity contribution is -0.661. The van der Waals surface area contributed by atoms with Gasteiger partial charge in [-0.2, -0.15) is 4.57 Å². The van der Waals surface area contributed by atoms with E-state index in [1.807, 2.05) is 13.1 Å². The highest BCUT2D eigenvalue weighted by molar-refractivity contribution is 6.08. The molecule has 2 nitrogen and oxygen atoms in total. The maximum atomic E-state index is 4.48. The number of rotatable bonds is 1. The summed E-state index contributed by atoms with van der Waals surface area (Å²) in [5.41, 5.74) is 4.68. The van der Waals surface area contributed by atoms with Gasteiger partial charge < -0.3 is 0 Å². The summed E-state index contributed by atoms with van der Waals surface area (Å²) in [7, 11) is 2.08. The third kappa shape index (κ3) is 2.27. The van der Waals surface area contributed by atoms with Crippen LogP contribution in [-0.2, 0) is 7.05 Å². The fourth-order valence-electron chi connectivity index (χ4n) is 3.34. The number of fused-ring (bicyclic) bond motifs is 3. The van der Waals surface area contributed by atoms with Crippen molar-refractivity contribution in [3.8, 4) is 11.3 Å². The molecule has 1 aromatic heterocycles. The molecule has 0 spiro atoms. The third-order valence-electron chi connectivity index (χ3n) is 4.52. The fourth-order valence-corrected chi connectivity index (χ4v) is 3.34. The summed E-state index contributed by atoms with van der Waals surface area (Å²) in [6.45, 7) is 4.19. The Morgan fingerprint density at radius 3 is 2.48 bits per heavy atom. The van der Waals surface area contributed by atoms with Crippen LogP contribution in [0.1, 0.15) is 11.3 Å². The second kappa shape index (κ2) is 5.17. The Labute approximate surface area is 136 Å². The van der Waals surface area contributed by atoms with Gasteiger partial charge in [0.2, 0.25) is 5.69 Å². The summed E-state index contributed by atoms with van der Waals surface area (Å²) in [5.74, 6) is 0. The molecule has 0 saturated heterocycles. The van der Waals surface area contributed by atoms with Crippen LogP contribution in [-0.4, -0.2) is 4.98 Å². The normalized spacial score (nSPS) is 11.3. The number of aromatic nitrogens is 2. The minimum absolute atomic E-state index is 1.03. The quantitative estimate of drug-likeness (QED) is 0.373. The molecule has 1 heterocycles. The molecular formula is C21H19N2+. The van der Waals surface area contributed by atoms with E-state index in [1.165, 1.54) is 32.7 Å². The van der Waals surface area contributed by atoms with Gasteiger partial charge in [0.15, 0.2) is 6.20 Å². The van der Waals surface area contributed by atoms with Gasteiger partial charge in [-0.05, 0) is 47.0 Å². The first-order chi connectivity index (χ1) is 11.1. The van der Waals surface area contributed by atoms with Crippen molar-refractivity contribution in [2.24, 2.45) is 7.05 Å². The van der Waals surface area contributed by atoms with E-state index in [4.69, 9.17) is 0 Å². The summed E-state index contributed by atoms with van der Waals surface area (Å²) in [6.07, 6.45) is 4.04. The average molecular weight is 299 g/mol. The first kappa shape index (κ1) is 13.9. The number of aryl methyl sites for hydroxylation is 3. The van der Waals surface area contributed by atoms with E-state index in [-0.39, 0.29) is 0 Å². The first-order valence-electron chi connectivity index (χ1n) is 7.88. The van der Waals surface area contributed by atoms with Gasteiger partial charge in [0, 0.05) is 0 Å². The van der Waals surface area contributed by atoms with E-state index in [1.54, 1.807) is 0 Å². The van der Waals surface area contributed by atoms with Gasteiger partial charge in [0.05, 0.1) is 11.8 Å². The molecule has 0 fully saturated rings. The minimum atomic E-state index is 1.03. The molecule has 0 unspecified atom stereocenters. The molecule has 4 rings (SSSR count). The van der Waals surface area contributed by atoms with Crippen LogP contribution in [0.15, 0.2) is 60.9 Å². The smallest absolute Gasteiger partial charge is 0.231 e. The van der Waals surface area contributed by atoms with Gasteiger partial charge in [0.25, 0.3) is 0 Å². The number of benzene rings is 3. The maximum Gasteiger partial charge on any atom is 0.231 e. The van der Waals surface area contributed by atoms with Gasteiger partial charge in [-0.25, -0.2) is 4.98 Å². The predicted octanol–water partition coefficient (Wildman–Crippen LogP) is 4.50. The van der Waals surface area contributed by atoms with Crippen LogP contribution in [0.4, 0.5) is 0 Å². The largest absolute Gasteiger partial charge is 0.248 e. The van der Waals surface area contributed by atoms with Gasteiger partial charge in [-0.1, -0.05) is 42.5 Å². The average Bonchev–Trinajstić information content (AvgIpc) is 2.54. The van der Waals surface area contributed by atoms with Crippen LogP contribution >= 0.6 is 0 Å². The highest BCUT2D eigenvalue weighted by Crippen LogP contribution is 2.31. The molecule has 3 aromatic carbocycles. The van der Waals surface area contributed by atoms with Gasteiger partial charge in [0.1, 0.15) is 12.7 Å². The molecule has 0 amide bonds. The van der Waals surface area contributed by atoms with E-state index >= 15 is 0 Å². The Hall–Kier alpha value is -2.74. The molecule has 0 saturated carbocycles. The van der Waals surface area contributed by atoms with Crippen molar-refractivity contribution in [1.82, 2.24) is 4.98 Å². The van der Waals surface area contributed by atoms with Crippen LogP contribution in [0.5, 0.6) is 0 Å². The van der Waals surface area contributed by atoms with Crippen LogP contribution in [0.25, 0.3) is 32.8 Å². The molecule has 112 valence electrons. The highest BCUT2D eigenvalue weighted by Gasteiger charge is 2.15. The minimum Gasteiger partial charge on any atom is -0.248 e. The van der Waals surface area contributed by atoms with Crippen molar-refractivity contribution in [1.29, 1.82) is 0 Å². The van der Waals surface area contributed by atoms with Crippen LogP contribution in [0.3, 0.4) is 0 Å². The van der Waals surface area contributed by atoms with Gasteiger partial charge >= 0.3 is 0 Å². The standard InChI is InChI=1S/C21H19N2/c1-14-10-17-9-8-16-6-4-5-7-18(16)20(17)11-19(14)21-12-22-15(2)13-23(21)3/h4-13H,1-3H3/q+1. The van der Waals surface area contributed by atoms with E-state index in [9.17, 15) is 0 Å². The van der Waals surface area contributed by atoms with Crippen molar-refractivity contribution in [2.75, 3.05) is 0 Å². The summed E-state index contributed by atoms with van der Waals surface area (Å²) < 4.78 is 2.15. The number of nitrogens with zero attached hydrogens (tertiary/aromatic N) is 2. The number of hydrogen-bond acceptors (Lipinski definition) is 1. The third-order valence-corrected chi connectivity index (χ3v) is 4.52. The van der Waals surface area contributed by atoms with Crippen molar-refractivity contribution in [2.45, 2.75) is 13.8 Å². The Morgan fingerprint density at radius 2 is 1.65 bits per heavy atom. The van der Waals surface area contributed by atoms with E-state index in [2.05, 4.69) is 78.3 Å². The molecule has 0 aliphatic rings. The number of hydrogen-bond donors (Lipinski definition) is 0. The Balaban J connectivity index is 2.07. The predicted molar refractivity (Wildman–Crippen MR) is 95.3 cm³/mol. The molecule has 23 heavy (non-hydrogen) atoms. The molecule has 0 bridgehead atoms. The maximum absolute atomic E-state index is 4.48. The summed E-state index contributed by atoms with van der Waals surface area (Å²) >= 11 is 0. The summed E-state index contributed by atoms with van der Waals surface area (Å²) in [4.78, 5) is 4.48. The zero-order chi connectivity index (χ0) is 16.0. The molecule has 0 atom stereocenters. The summed E-state index contributed by atoms with van der Waals surface area (Å²) in [5, 5.41) is 5.16. The molecule has 0 N–H and O–H groups in total. The van der Waals surface area contributed by atoms with Crippen LogP contribution in [0, 0.1) is 13.8 Å². The second-order valence-electron chi connectivity index (χ2n) is 6.20. The SMILES string of the molecule is Cc1c[n+](C)c(-c2cc3c(ccc4ccccc43)cc2C)cn1. The van der Waals surface area contributed by atoms with Crippen molar-refractivity contribution in [3.63, 3.8) is 0 Å². The lowest BCUT2D eigenvalue weighted by Gasteiger charge is -2.09. The lowest BCUT2D eigenvalue weighted by Crippen LogP contribution is -2.31. The summed E-state index contributed by atoms with van der Waals surface area (Å²) in [6, 6.07) is 17.6. The fraction of sp³-hybridized carbons (Fsp3) is 0.143. The van der Waals surface area contributed by atoms with Crippen molar-refractivity contribution >= 4 is 21.5 Å². The Kier molecular flexibility index (Phi) is 3.12. The van der Waals surface area contributed by atoms with Gasteiger partial charge in [-0.15, -0.1) is 0 Å². The zero-order valence-electron chi connectivity index (χ0n) is 13.7. The highest BCUT2D eigenvalue weighted by atomic mass is 15.0. The first-order valence-corrected chi connectivity index (χ1v) is 7.88. The topological polar surface area (TPSA) is 16.8 Å². The lowest BCUT2D eigenvalue weighted by atomic mass is 9.96. The van der Waals surface area contributed by atoms with E-state index in [0.29, 0.717) is 0 Å². The van der Waals surface area contributed by atoms with Crippen molar-refractivity contribution < 1.29 is 4.57 Å². The Bertz CT molecular complexity index is 1050. The molecular weight excluding hydrogens is 280 g/mol. The molecule has 4 aromatic rings. The van der Waals surface area contributed by atoms with E-state index in [0.717, 1.165) is 11.4 Å². The molecule has 0 aliphatic carbocycles. The molecule has 2 heteroatoms. The van der Waals surface area contributed by atoms with Gasteiger partial charge in [-0.3, -0.25) is 0 Å². The van der Waals surface area contributed by atoms with E-state index < -0.39 is 0 Å². The second-order valence-corrected chi connectivity index (χ2v) is 6.20. The Morgan fingerprint density at radius 1 is 0.870 bits per heavy atom. The van der Waals surface area contributed by atoms with Crippen LogP contribution < -0.4 is 4.57 Å². The van der Waals surface area contributed by atoms with Crippen LogP contribution in [0.2, 0.25) is 0 Å². The monoisotopic (exact) mass is 299 g/mol. The van der Waals surface area contributed by atoms with Crippen molar-refractivity contribution in [3.05, 3.63) is 72.2 Å². The molecule has 0 radical (unpaired) electrons. The zero-order valence-corrected chi connectivity index (χ0v) is 13.7.